The Labute approximate surface area is 97.7 Å². The molecule has 15 heavy (non-hydrogen) atoms. The highest BCUT2D eigenvalue weighted by Gasteiger charge is 2.08. The molecule has 0 spiro atoms. The van der Waals surface area contributed by atoms with Gasteiger partial charge >= 0.3 is 0 Å². The van der Waals surface area contributed by atoms with E-state index in [2.05, 4.69) is 26.1 Å². The summed E-state index contributed by atoms with van der Waals surface area (Å²) in [6.45, 7) is 7.53. The molecule has 3 heteroatoms. The molecule has 0 fully saturated rings. The van der Waals surface area contributed by atoms with Crippen molar-refractivity contribution in [1.29, 1.82) is 0 Å². The second-order valence-corrected chi connectivity index (χ2v) is 6.13. The van der Waals surface area contributed by atoms with Gasteiger partial charge in [0.2, 0.25) is 0 Å². The van der Waals surface area contributed by atoms with Gasteiger partial charge in [-0.1, -0.05) is 33.6 Å². The van der Waals surface area contributed by atoms with Gasteiger partial charge in [-0.3, -0.25) is 4.21 Å². The molecule has 0 saturated carbocycles. The van der Waals surface area contributed by atoms with Gasteiger partial charge in [-0.2, -0.15) is 0 Å². The van der Waals surface area contributed by atoms with Crippen molar-refractivity contribution in [2.75, 3.05) is 12.8 Å². The fourth-order valence-corrected chi connectivity index (χ4v) is 2.15. The molecule has 0 saturated heterocycles. The van der Waals surface area contributed by atoms with Crippen molar-refractivity contribution >= 4 is 10.8 Å². The zero-order chi connectivity index (χ0) is 11.7. The Hall–Kier alpha value is 0.110. The SMILES string of the molecule is CCCC(CCC)NCCC(C)S(C)=O. The van der Waals surface area contributed by atoms with Gasteiger partial charge in [-0.15, -0.1) is 0 Å². The quantitative estimate of drug-likeness (QED) is 0.663. The average molecular weight is 233 g/mol. The fourth-order valence-electron chi connectivity index (χ4n) is 1.70. The molecule has 2 nitrogen and oxygen atoms in total. The highest BCUT2D eigenvalue weighted by molar-refractivity contribution is 7.84. The van der Waals surface area contributed by atoms with Gasteiger partial charge in [0.25, 0.3) is 0 Å². The van der Waals surface area contributed by atoms with E-state index in [4.69, 9.17) is 0 Å². The lowest BCUT2D eigenvalue weighted by molar-refractivity contribution is 0.440. The molecule has 0 aromatic rings. The van der Waals surface area contributed by atoms with Crippen LogP contribution < -0.4 is 5.32 Å². The fraction of sp³-hybridized carbons (Fsp3) is 1.00. The van der Waals surface area contributed by atoms with Crippen molar-refractivity contribution in [2.24, 2.45) is 0 Å². The molecule has 2 atom stereocenters. The van der Waals surface area contributed by atoms with Gasteiger partial charge < -0.3 is 5.32 Å². The largest absolute Gasteiger partial charge is 0.314 e. The first-order chi connectivity index (χ1) is 7.11. The molecule has 0 aliphatic heterocycles. The van der Waals surface area contributed by atoms with Crippen molar-refractivity contribution in [1.82, 2.24) is 5.32 Å². The minimum absolute atomic E-state index is 0.321. The molecule has 0 aliphatic carbocycles. The molecule has 1 N–H and O–H groups in total. The van der Waals surface area contributed by atoms with E-state index in [1.54, 1.807) is 6.26 Å². The second-order valence-electron chi connectivity index (χ2n) is 4.33. The summed E-state index contributed by atoms with van der Waals surface area (Å²) in [5.41, 5.74) is 0. The third kappa shape index (κ3) is 7.97. The Bertz CT molecular complexity index is 167. The second kappa shape index (κ2) is 9.34. The summed E-state index contributed by atoms with van der Waals surface area (Å²) in [5, 5.41) is 3.89. The van der Waals surface area contributed by atoms with Crippen molar-refractivity contribution in [2.45, 2.75) is 64.2 Å². The Kier molecular flexibility index (Phi) is 9.41. The van der Waals surface area contributed by atoms with Crippen molar-refractivity contribution in [3.8, 4) is 0 Å². The van der Waals surface area contributed by atoms with Crippen LogP contribution in [0, 0.1) is 0 Å². The van der Waals surface area contributed by atoms with Crippen LogP contribution in [0.2, 0.25) is 0 Å². The number of rotatable bonds is 9. The molecule has 0 aromatic carbocycles. The number of nitrogens with one attached hydrogen (secondary N) is 1. The van der Waals surface area contributed by atoms with Crippen LogP contribution in [0.1, 0.15) is 52.9 Å². The van der Waals surface area contributed by atoms with Gasteiger partial charge in [-0.05, 0) is 25.8 Å². The summed E-state index contributed by atoms with van der Waals surface area (Å²) in [6.07, 6.45) is 7.82. The van der Waals surface area contributed by atoms with Crippen LogP contribution in [-0.2, 0) is 10.8 Å². The smallest absolute Gasteiger partial charge is 0.0329 e. The molecule has 0 heterocycles. The van der Waals surface area contributed by atoms with E-state index in [0.717, 1.165) is 13.0 Å². The third-order valence-corrected chi connectivity index (χ3v) is 4.19. The predicted octanol–water partition coefficient (Wildman–Crippen LogP) is 2.70. The molecular weight excluding hydrogens is 206 g/mol. The lowest BCUT2D eigenvalue weighted by Gasteiger charge is -2.18. The first-order valence-corrected chi connectivity index (χ1v) is 7.79. The van der Waals surface area contributed by atoms with E-state index in [-0.39, 0.29) is 0 Å². The lowest BCUT2D eigenvalue weighted by Crippen LogP contribution is -2.31. The lowest BCUT2D eigenvalue weighted by atomic mass is 10.1. The van der Waals surface area contributed by atoms with Crippen LogP contribution >= 0.6 is 0 Å². The molecular formula is C12H27NOS. The Morgan fingerprint density at radius 1 is 1.13 bits per heavy atom. The van der Waals surface area contributed by atoms with Crippen molar-refractivity contribution in [3.05, 3.63) is 0 Å². The van der Waals surface area contributed by atoms with Gasteiger partial charge in [0.15, 0.2) is 0 Å². The van der Waals surface area contributed by atoms with E-state index >= 15 is 0 Å². The van der Waals surface area contributed by atoms with E-state index in [1.165, 1.54) is 25.7 Å². The van der Waals surface area contributed by atoms with Gasteiger partial charge in [-0.25, -0.2) is 0 Å². The van der Waals surface area contributed by atoms with Crippen LogP contribution in [0.25, 0.3) is 0 Å². The number of hydrogen-bond acceptors (Lipinski definition) is 2. The maximum Gasteiger partial charge on any atom is 0.0329 e. The summed E-state index contributed by atoms with van der Waals surface area (Å²) in [6, 6.07) is 0.664. The van der Waals surface area contributed by atoms with Gasteiger partial charge in [0, 0.05) is 28.3 Å². The zero-order valence-electron chi connectivity index (χ0n) is 10.7. The van der Waals surface area contributed by atoms with Gasteiger partial charge in [0.1, 0.15) is 0 Å². The Morgan fingerprint density at radius 3 is 2.07 bits per heavy atom. The van der Waals surface area contributed by atoms with E-state index in [1.807, 2.05) is 0 Å². The molecule has 0 amide bonds. The van der Waals surface area contributed by atoms with Gasteiger partial charge in [0.05, 0.1) is 0 Å². The van der Waals surface area contributed by atoms with E-state index in [9.17, 15) is 4.21 Å². The molecule has 0 aromatic heterocycles. The molecule has 0 bridgehead atoms. The zero-order valence-corrected chi connectivity index (χ0v) is 11.5. The van der Waals surface area contributed by atoms with Crippen LogP contribution in [-0.4, -0.2) is 28.3 Å². The summed E-state index contributed by atoms with van der Waals surface area (Å²) >= 11 is 0. The van der Waals surface area contributed by atoms with E-state index in [0.29, 0.717) is 11.3 Å². The van der Waals surface area contributed by atoms with Crippen LogP contribution in [0.5, 0.6) is 0 Å². The molecule has 2 unspecified atom stereocenters. The maximum atomic E-state index is 11.2. The first-order valence-electron chi connectivity index (χ1n) is 6.17. The standard InChI is InChI=1S/C12H27NOS/c1-5-7-12(8-6-2)13-10-9-11(3)15(4)14/h11-13H,5-10H2,1-4H3. The van der Waals surface area contributed by atoms with Crippen LogP contribution in [0.3, 0.4) is 0 Å². The summed E-state index contributed by atoms with van der Waals surface area (Å²) in [4.78, 5) is 0. The molecule has 92 valence electrons. The maximum absolute atomic E-state index is 11.2. The van der Waals surface area contributed by atoms with Crippen LogP contribution in [0.4, 0.5) is 0 Å². The summed E-state index contributed by atoms with van der Waals surface area (Å²) in [5.74, 6) is 0. The molecule has 0 rings (SSSR count). The number of hydrogen-bond donors (Lipinski definition) is 1. The van der Waals surface area contributed by atoms with Crippen molar-refractivity contribution in [3.63, 3.8) is 0 Å². The summed E-state index contributed by atoms with van der Waals surface area (Å²) in [7, 11) is -0.673. The topological polar surface area (TPSA) is 29.1 Å². The van der Waals surface area contributed by atoms with E-state index < -0.39 is 10.8 Å². The Balaban J connectivity index is 3.64. The minimum atomic E-state index is -0.673. The molecule has 0 radical (unpaired) electrons. The third-order valence-electron chi connectivity index (χ3n) is 2.82. The average Bonchev–Trinajstić information content (AvgIpc) is 2.18. The minimum Gasteiger partial charge on any atom is -0.314 e. The predicted molar refractivity (Wildman–Crippen MR) is 69.8 cm³/mol. The first kappa shape index (κ1) is 15.1. The van der Waals surface area contributed by atoms with Crippen molar-refractivity contribution < 1.29 is 4.21 Å². The monoisotopic (exact) mass is 233 g/mol. The highest BCUT2D eigenvalue weighted by atomic mass is 32.2. The van der Waals surface area contributed by atoms with Crippen LogP contribution in [0.15, 0.2) is 0 Å². The highest BCUT2D eigenvalue weighted by Crippen LogP contribution is 2.05. The normalized spacial score (nSPS) is 15.5. The Morgan fingerprint density at radius 2 is 1.67 bits per heavy atom. The summed E-state index contributed by atoms with van der Waals surface area (Å²) < 4.78 is 11.2. The molecule has 0 aliphatic rings.